The molecule has 1 aromatic rings. The van der Waals surface area contributed by atoms with Gasteiger partial charge in [0.1, 0.15) is 6.04 Å². The van der Waals surface area contributed by atoms with E-state index >= 15 is 0 Å². The van der Waals surface area contributed by atoms with Crippen LogP contribution < -0.4 is 11.1 Å². The zero-order valence-corrected chi connectivity index (χ0v) is 10.6. The van der Waals surface area contributed by atoms with Crippen molar-refractivity contribution in [1.29, 1.82) is 0 Å². The van der Waals surface area contributed by atoms with E-state index in [0.29, 0.717) is 13.0 Å². The number of aliphatic carboxylic acids is 1. The molecule has 4 N–H and O–H groups in total. The van der Waals surface area contributed by atoms with Crippen molar-refractivity contribution in [3.8, 4) is 0 Å². The smallest absolute Gasteiger partial charge is 0.320 e. The van der Waals surface area contributed by atoms with Crippen LogP contribution in [0.4, 0.5) is 5.69 Å². The minimum absolute atomic E-state index is 0.404. The summed E-state index contributed by atoms with van der Waals surface area (Å²) in [6.45, 7) is 2.55. The molecule has 0 saturated carbocycles. The Morgan fingerprint density at radius 2 is 2.31 bits per heavy atom. The fourth-order valence-electron chi connectivity index (χ4n) is 1.20. The normalized spacial score (nSPS) is 12.2. The van der Waals surface area contributed by atoms with Gasteiger partial charge in [-0.15, -0.1) is 0 Å². The van der Waals surface area contributed by atoms with E-state index in [1.165, 1.54) is 0 Å². The Hall–Kier alpha value is -1.07. The molecule has 5 heteroatoms. The van der Waals surface area contributed by atoms with E-state index in [2.05, 4.69) is 21.2 Å². The lowest BCUT2D eigenvalue weighted by Crippen LogP contribution is -2.32. The standard InChI is InChI=1S/C11H15BrN2O2/c1-7-2-3-8(6-9(7)12)14-5-4-10(13)11(15)16/h2-3,6,10,14H,4-5,13H2,1H3,(H,15,16). The van der Waals surface area contributed by atoms with Crippen molar-refractivity contribution in [3.63, 3.8) is 0 Å². The van der Waals surface area contributed by atoms with Crippen molar-refractivity contribution >= 4 is 27.6 Å². The third-order valence-electron chi connectivity index (χ3n) is 2.27. The lowest BCUT2D eigenvalue weighted by atomic mass is 10.2. The first-order valence-corrected chi connectivity index (χ1v) is 5.78. The molecule has 0 aromatic heterocycles. The van der Waals surface area contributed by atoms with Crippen molar-refractivity contribution in [2.45, 2.75) is 19.4 Å². The minimum atomic E-state index is -0.966. The average molecular weight is 287 g/mol. The van der Waals surface area contributed by atoms with Gasteiger partial charge in [-0.1, -0.05) is 22.0 Å². The summed E-state index contributed by atoms with van der Waals surface area (Å²) in [5, 5.41) is 11.7. The summed E-state index contributed by atoms with van der Waals surface area (Å²) in [7, 11) is 0. The predicted octanol–water partition coefficient (Wildman–Crippen LogP) is 1.97. The summed E-state index contributed by atoms with van der Waals surface area (Å²) in [6.07, 6.45) is 0.404. The molecule has 0 aliphatic carbocycles. The van der Waals surface area contributed by atoms with Crippen molar-refractivity contribution in [3.05, 3.63) is 28.2 Å². The van der Waals surface area contributed by atoms with Crippen LogP contribution in [-0.4, -0.2) is 23.7 Å². The molecule has 1 aromatic carbocycles. The molecule has 0 saturated heterocycles. The molecule has 1 atom stereocenters. The third-order valence-corrected chi connectivity index (χ3v) is 3.13. The first-order valence-electron chi connectivity index (χ1n) is 4.99. The molecule has 0 radical (unpaired) electrons. The van der Waals surface area contributed by atoms with Crippen molar-refractivity contribution in [1.82, 2.24) is 0 Å². The Bertz CT molecular complexity index is 382. The summed E-state index contributed by atoms with van der Waals surface area (Å²) in [4.78, 5) is 10.5. The largest absolute Gasteiger partial charge is 0.480 e. The average Bonchev–Trinajstić information content (AvgIpc) is 2.23. The summed E-state index contributed by atoms with van der Waals surface area (Å²) in [5.74, 6) is -0.966. The maximum atomic E-state index is 10.5. The number of aryl methyl sites for hydroxylation is 1. The number of nitrogens with two attached hydrogens (primary N) is 1. The van der Waals surface area contributed by atoms with Gasteiger partial charge in [0.05, 0.1) is 0 Å². The fraction of sp³-hybridized carbons (Fsp3) is 0.364. The van der Waals surface area contributed by atoms with Gasteiger partial charge < -0.3 is 16.2 Å². The van der Waals surface area contributed by atoms with Gasteiger partial charge in [-0.2, -0.15) is 0 Å². The van der Waals surface area contributed by atoms with Crippen LogP contribution in [0.15, 0.2) is 22.7 Å². The predicted molar refractivity (Wildman–Crippen MR) is 67.6 cm³/mol. The van der Waals surface area contributed by atoms with E-state index in [4.69, 9.17) is 10.8 Å². The van der Waals surface area contributed by atoms with Crippen LogP contribution in [0.1, 0.15) is 12.0 Å². The topological polar surface area (TPSA) is 75.3 Å². The maximum Gasteiger partial charge on any atom is 0.320 e. The van der Waals surface area contributed by atoms with E-state index in [9.17, 15) is 4.79 Å². The van der Waals surface area contributed by atoms with Crippen molar-refractivity contribution < 1.29 is 9.90 Å². The number of halogens is 1. The van der Waals surface area contributed by atoms with Gasteiger partial charge in [-0.25, -0.2) is 0 Å². The SMILES string of the molecule is Cc1ccc(NCCC(N)C(=O)O)cc1Br. The zero-order valence-electron chi connectivity index (χ0n) is 9.03. The molecular formula is C11H15BrN2O2. The number of carbonyl (C=O) groups is 1. The highest BCUT2D eigenvalue weighted by Gasteiger charge is 2.10. The first-order chi connectivity index (χ1) is 7.50. The molecule has 0 bridgehead atoms. The molecule has 0 fully saturated rings. The Kier molecular flexibility index (Phi) is 4.76. The third kappa shape index (κ3) is 3.83. The summed E-state index contributed by atoms with van der Waals surface area (Å²) >= 11 is 3.43. The second-order valence-corrected chi connectivity index (χ2v) is 4.48. The van der Waals surface area contributed by atoms with Gasteiger partial charge in [0.2, 0.25) is 0 Å². The molecular weight excluding hydrogens is 272 g/mol. The highest BCUT2D eigenvalue weighted by Crippen LogP contribution is 2.20. The van der Waals surface area contributed by atoms with Gasteiger partial charge in [-0.05, 0) is 31.0 Å². The quantitative estimate of drug-likeness (QED) is 0.774. The molecule has 1 unspecified atom stereocenters. The van der Waals surface area contributed by atoms with E-state index in [1.54, 1.807) is 0 Å². The molecule has 16 heavy (non-hydrogen) atoms. The molecule has 88 valence electrons. The lowest BCUT2D eigenvalue weighted by molar-refractivity contribution is -0.138. The molecule has 0 aliphatic heterocycles. The van der Waals surface area contributed by atoms with Crippen LogP contribution in [0.25, 0.3) is 0 Å². The molecule has 4 nitrogen and oxygen atoms in total. The van der Waals surface area contributed by atoms with Crippen LogP contribution in [0.2, 0.25) is 0 Å². The molecule has 0 aliphatic rings. The van der Waals surface area contributed by atoms with Gasteiger partial charge in [-0.3, -0.25) is 4.79 Å². The number of hydrogen-bond donors (Lipinski definition) is 3. The highest BCUT2D eigenvalue weighted by atomic mass is 79.9. The Morgan fingerprint density at radius 1 is 1.62 bits per heavy atom. The van der Waals surface area contributed by atoms with Crippen LogP contribution in [0.3, 0.4) is 0 Å². The van der Waals surface area contributed by atoms with Crippen molar-refractivity contribution in [2.24, 2.45) is 5.73 Å². The maximum absolute atomic E-state index is 10.5. The van der Waals surface area contributed by atoms with Crippen LogP contribution in [0.5, 0.6) is 0 Å². The fourth-order valence-corrected chi connectivity index (χ4v) is 1.58. The number of nitrogens with one attached hydrogen (secondary N) is 1. The Balaban J connectivity index is 2.43. The monoisotopic (exact) mass is 286 g/mol. The summed E-state index contributed by atoms with van der Waals surface area (Å²) in [5.41, 5.74) is 7.50. The van der Waals surface area contributed by atoms with E-state index in [-0.39, 0.29) is 0 Å². The molecule has 1 rings (SSSR count). The number of hydrogen-bond acceptors (Lipinski definition) is 3. The van der Waals surface area contributed by atoms with Gasteiger partial charge >= 0.3 is 5.97 Å². The van der Waals surface area contributed by atoms with Crippen LogP contribution >= 0.6 is 15.9 Å². The van der Waals surface area contributed by atoms with E-state index in [1.807, 2.05) is 25.1 Å². The van der Waals surface area contributed by atoms with E-state index < -0.39 is 12.0 Å². The first kappa shape index (κ1) is 13.0. The number of carboxylic acid groups (broad SMARTS) is 1. The van der Waals surface area contributed by atoms with Gasteiger partial charge in [0, 0.05) is 16.7 Å². The molecule has 0 heterocycles. The second-order valence-electron chi connectivity index (χ2n) is 3.62. The summed E-state index contributed by atoms with van der Waals surface area (Å²) in [6, 6.07) is 5.10. The Labute approximate surface area is 103 Å². The number of benzene rings is 1. The Morgan fingerprint density at radius 3 is 2.88 bits per heavy atom. The molecule has 0 spiro atoms. The second kappa shape index (κ2) is 5.86. The summed E-state index contributed by atoms with van der Waals surface area (Å²) < 4.78 is 1.03. The van der Waals surface area contributed by atoms with Crippen LogP contribution in [0, 0.1) is 6.92 Å². The van der Waals surface area contributed by atoms with Crippen LogP contribution in [-0.2, 0) is 4.79 Å². The van der Waals surface area contributed by atoms with Crippen molar-refractivity contribution in [2.75, 3.05) is 11.9 Å². The molecule has 0 amide bonds. The lowest BCUT2D eigenvalue weighted by Gasteiger charge is -2.10. The zero-order chi connectivity index (χ0) is 12.1. The van der Waals surface area contributed by atoms with Gasteiger partial charge in [0.15, 0.2) is 0 Å². The number of rotatable bonds is 5. The number of anilines is 1. The minimum Gasteiger partial charge on any atom is -0.480 e. The highest BCUT2D eigenvalue weighted by molar-refractivity contribution is 9.10. The number of carboxylic acids is 1. The van der Waals surface area contributed by atoms with Gasteiger partial charge in [0.25, 0.3) is 0 Å². The van der Waals surface area contributed by atoms with E-state index in [0.717, 1.165) is 15.7 Å².